The van der Waals surface area contributed by atoms with E-state index in [0.717, 1.165) is 35.5 Å². The average molecular weight is 275 g/mol. The van der Waals surface area contributed by atoms with Crippen molar-refractivity contribution in [2.45, 2.75) is 31.1 Å². The molecule has 0 saturated carbocycles. The van der Waals surface area contributed by atoms with E-state index in [1.165, 1.54) is 0 Å². The highest BCUT2D eigenvalue weighted by molar-refractivity contribution is 8.00. The van der Waals surface area contributed by atoms with Crippen molar-refractivity contribution >= 4 is 28.7 Å². The third-order valence-corrected chi connectivity index (χ3v) is 4.78. The Bertz CT molecular complexity index is 556. The first-order valence-corrected chi connectivity index (χ1v) is 7.65. The number of thioether (sulfide) groups is 1. The quantitative estimate of drug-likeness (QED) is 0.905. The monoisotopic (exact) mass is 275 g/mol. The van der Waals surface area contributed by atoms with Crippen molar-refractivity contribution in [3.8, 4) is 0 Å². The van der Waals surface area contributed by atoms with E-state index in [4.69, 9.17) is 0 Å². The topological polar surface area (TPSA) is 57.8 Å². The Morgan fingerprint density at radius 3 is 3.11 bits per heavy atom. The lowest BCUT2D eigenvalue weighted by Gasteiger charge is -2.14. The van der Waals surface area contributed by atoms with Gasteiger partial charge in [0.15, 0.2) is 0 Å². The average Bonchev–Trinajstić information content (AvgIpc) is 3.07. The van der Waals surface area contributed by atoms with Gasteiger partial charge in [0.25, 0.3) is 0 Å². The number of aromatic amines is 1. The van der Waals surface area contributed by atoms with Gasteiger partial charge in [-0.25, -0.2) is 4.98 Å². The van der Waals surface area contributed by atoms with Gasteiger partial charge < -0.3 is 10.3 Å². The van der Waals surface area contributed by atoms with E-state index in [9.17, 15) is 4.79 Å². The SMILES string of the molecule is CC(NC(=O)C1CCCS1)c1nc2ccccc2[nH]1. The lowest BCUT2D eigenvalue weighted by molar-refractivity contribution is -0.121. The molecule has 1 aromatic heterocycles. The summed E-state index contributed by atoms with van der Waals surface area (Å²) in [4.78, 5) is 19.8. The Labute approximate surface area is 116 Å². The largest absolute Gasteiger partial charge is 0.345 e. The maximum atomic E-state index is 12.1. The molecule has 2 N–H and O–H groups in total. The summed E-state index contributed by atoms with van der Waals surface area (Å²) >= 11 is 1.75. The van der Waals surface area contributed by atoms with Crippen molar-refractivity contribution in [1.82, 2.24) is 15.3 Å². The van der Waals surface area contributed by atoms with Crippen LogP contribution < -0.4 is 5.32 Å². The fraction of sp³-hybridized carbons (Fsp3) is 0.429. The molecule has 0 bridgehead atoms. The lowest BCUT2D eigenvalue weighted by atomic mass is 10.2. The van der Waals surface area contributed by atoms with Gasteiger partial charge in [-0.15, -0.1) is 11.8 Å². The summed E-state index contributed by atoms with van der Waals surface area (Å²) in [6, 6.07) is 7.82. The Morgan fingerprint density at radius 2 is 2.37 bits per heavy atom. The maximum absolute atomic E-state index is 12.1. The van der Waals surface area contributed by atoms with Gasteiger partial charge in [-0.1, -0.05) is 12.1 Å². The van der Waals surface area contributed by atoms with Crippen LogP contribution in [0.2, 0.25) is 0 Å². The molecular weight excluding hydrogens is 258 g/mol. The summed E-state index contributed by atoms with van der Waals surface area (Å²) < 4.78 is 0. The van der Waals surface area contributed by atoms with Crippen molar-refractivity contribution in [2.75, 3.05) is 5.75 Å². The molecule has 1 fully saturated rings. The number of para-hydroxylation sites is 2. The van der Waals surface area contributed by atoms with Gasteiger partial charge in [-0.05, 0) is 37.7 Å². The zero-order valence-corrected chi connectivity index (χ0v) is 11.7. The van der Waals surface area contributed by atoms with E-state index >= 15 is 0 Å². The summed E-state index contributed by atoms with van der Waals surface area (Å²) in [5.41, 5.74) is 1.95. The van der Waals surface area contributed by atoms with E-state index in [2.05, 4.69) is 15.3 Å². The second-order valence-corrected chi connectivity index (χ2v) is 6.18. The molecule has 5 heteroatoms. The van der Waals surface area contributed by atoms with E-state index in [1.807, 2.05) is 31.2 Å². The molecule has 1 aliphatic heterocycles. The van der Waals surface area contributed by atoms with Crippen molar-refractivity contribution in [3.63, 3.8) is 0 Å². The number of hydrogen-bond donors (Lipinski definition) is 2. The zero-order valence-electron chi connectivity index (χ0n) is 10.8. The van der Waals surface area contributed by atoms with Crippen LogP contribution in [0.5, 0.6) is 0 Å². The standard InChI is InChI=1S/C14H17N3OS/c1-9(15-14(18)12-7-4-8-19-12)13-16-10-5-2-3-6-11(10)17-13/h2-3,5-6,9,12H,4,7-8H2,1H3,(H,15,18)(H,16,17). The highest BCUT2D eigenvalue weighted by atomic mass is 32.2. The van der Waals surface area contributed by atoms with Gasteiger partial charge >= 0.3 is 0 Å². The third kappa shape index (κ3) is 2.61. The Morgan fingerprint density at radius 1 is 1.53 bits per heavy atom. The van der Waals surface area contributed by atoms with Gasteiger partial charge in [0.05, 0.1) is 22.3 Å². The van der Waals surface area contributed by atoms with Crippen LogP contribution in [0, 0.1) is 0 Å². The van der Waals surface area contributed by atoms with Crippen molar-refractivity contribution in [3.05, 3.63) is 30.1 Å². The van der Waals surface area contributed by atoms with Crippen LogP contribution in [0.3, 0.4) is 0 Å². The second-order valence-electron chi connectivity index (χ2n) is 4.87. The van der Waals surface area contributed by atoms with Crippen LogP contribution in [0.25, 0.3) is 11.0 Å². The van der Waals surface area contributed by atoms with Crippen LogP contribution in [-0.4, -0.2) is 26.9 Å². The molecule has 2 atom stereocenters. The number of imidazole rings is 1. The van der Waals surface area contributed by atoms with E-state index in [1.54, 1.807) is 11.8 Å². The molecule has 1 amide bonds. The molecule has 0 radical (unpaired) electrons. The summed E-state index contributed by atoms with van der Waals surface area (Å²) in [5.74, 6) is 2.05. The first-order chi connectivity index (χ1) is 9.24. The molecule has 1 aromatic carbocycles. The van der Waals surface area contributed by atoms with Crippen LogP contribution in [0.15, 0.2) is 24.3 Å². The van der Waals surface area contributed by atoms with Gasteiger partial charge in [0.2, 0.25) is 5.91 Å². The van der Waals surface area contributed by atoms with Gasteiger partial charge in [-0.3, -0.25) is 4.79 Å². The molecule has 2 aromatic rings. The molecule has 0 spiro atoms. The number of nitrogens with zero attached hydrogens (tertiary/aromatic N) is 1. The number of hydrogen-bond acceptors (Lipinski definition) is 3. The number of fused-ring (bicyclic) bond motifs is 1. The van der Waals surface area contributed by atoms with E-state index in [-0.39, 0.29) is 17.2 Å². The fourth-order valence-corrected chi connectivity index (χ4v) is 3.51. The molecule has 2 heterocycles. The fourth-order valence-electron chi connectivity index (χ4n) is 2.34. The second kappa shape index (κ2) is 5.25. The first-order valence-electron chi connectivity index (χ1n) is 6.60. The highest BCUT2D eigenvalue weighted by Gasteiger charge is 2.25. The molecule has 19 heavy (non-hydrogen) atoms. The summed E-state index contributed by atoms with van der Waals surface area (Å²) in [6.45, 7) is 1.97. The minimum absolute atomic E-state index is 0.0823. The molecule has 0 aliphatic carbocycles. The Hall–Kier alpha value is -1.49. The van der Waals surface area contributed by atoms with Gasteiger partial charge in [0.1, 0.15) is 5.82 Å². The van der Waals surface area contributed by atoms with Crippen LogP contribution in [0.1, 0.15) is 31.6 Å². The van der Waals surface area contributed by atoms with Crippen LogP contribution >= 0.6 is 11.8 Å². The number of amides is 1. The van der Waals surface area contributed by atoms with Crippen molar-refractivity contribution in [2.24, 2.45) is 0 Å². The van der Waals surface area contributed by atoms with Crippen molar-refractivity contribution in [1.29, 1.82) is 0 Å². The summed E-state index contributed by atoms with van der Waals surface area (Å²) in [6.07, 6.45) is 2.13. The number of benzene rings is 1. The number of H-pyrrole nitrogens is 1. The molecule has 2 unspecified atom stereocenters. The number of rotatable bonds is 3. The zero-order chi connectivity index (χ0) is 13.2. The number of aromatic nitrogens is 2. The first kappa shape index (κ1) is 12.5. The highest BCUT2D eigenvalue weighted by Crippen LogP contribution is 2.27. The minimum Gasteiger partial charge on any atom is -0.345 e. The summed E-state index contributed by atoms with van der Waals surface area (Å²) in [5, 5.41) is 3.16. The van der Waals surface area contributed by atoms with E-state index in [0.29, 0.717) is 0 Å². The smallest absolute Gasteiger partial charge is 0.233 e. The minimum atomic E-state index is -0.0823. The molecule has 100 valence electrons. The molecule has 1 aliphatic rings. The Balaban J connectivity index is 1.72. The van der Waals surface area contributed by atoms with Gasteiger partial charge in [0, 0.05) is 0 Å². The van der Waals surface area contributed by atoms with Crippen molar-refractivity contribution < 1.29 is 4.79 Å². The predicted octanol–water partition coefficient (Wildman–Crippen LogP) is 2.64. The maximum Gasteiger partial charge on any atom is 0.233 e. The molecule has 1 saturated heterocycles. The van der Waals surface area contributed by atoms with Crippen LogP contribution in [0.4, 0.5) is 0 Å². The number of carbonyl (C=O) groups is 1. The summed E-state index contributed by atoms with van der Waals surface area (Å²) in [7, 11) is 0. The van der Waals surface area contributed by atoms with E-state index < -0.39 is 0 Å². The number of carbonyl (C=O) groups excluding carboxylic acids is 1. The lowest BCUT2D eigenvalue weighted by Crippen LogP contribution is -2.33. The van der Waals surface area contributed by atoms with Crippen LogP contribution in [-0.2, 0) is 4.79 Å². The Kier molecular flexibility index (Phi) is 3.46. The molecule has 4 nitrogen and oxygen atoms in total. The number of nitrogens with one attached hydrogen (secondary N) is 2. The predicted molar refractivity (Wildman–Crippen MR) is 78.1 cm³/mol. The molecule has 3 rings (SSSR count). The molecular formula is C14H17N3OS. The third-order valence-electron chi connectivity index (χ3n) is 3.40. The van der Waals surface area contributed by atoms with Gasteiger partial charge in [-0.2, -0.15) is 0 Å². The normalized spacial score (nSPS) is 20.6.